The summed E-state index contributed by atoms with van der Waals surface area (Å²) in [6.45, 7) is 2.82. The van der Waals surface area contributed by atoms with Gasteiger partial charge in [-0.3, -0.25) is 4.79 Å². The van der Waals surface area contributed by atoms with E-state index in [4.69, 9.17) is 4.74 Å². The van der Waals surface area contributed by atoms with Crippen molar-refractivity contribution in [3.8, 4) is 0 Å². The molecule has 0 radical (unpaired) electrons. The first-order valence-electron chi connectivity index (χ1n) is 4.37. The van der Waals surface area contributed by atoms with E-state index < -0.39 is 0 Å². The van der Waals surface area contributed by atoms with Crippen LogP contribution in [0, 0.1) is 0 Å². The number of esters is 1. The first-order chi connectivity index (χ1) is 6.83. The first-order valence-corrected chi connectivity index (χ1v) is 5.14. The van der Waals surface area contributed by atoms with Crippen LogP contribution in [0.3, 0.4) is 0 Å². The minimum atomic E-state index is -0.162. The maximum absolute atomic E-state index is 10.9. The maximum atomic E-state index is 10.9. The first kappa shape index (κ1) is 10.8. The summed E-state index contributed by atoms with van der Waals surface area (Å²) >= 11 is 1.17. The van der Waals surface area contributed by atoms with Crippen molar-refractivity contribution in [3.05, 3.63) is 0 Å². The Labute approximate surface area is 85.8 Å². The molecule has 0 unspecified atom stereocenters. The van der Waals surface area contributed by atoms with E-state index in [-0.39, 0.29) is 5.97 Å². The molecule has 1 aromatic heterocycles. The van der Waals surface area contributed by atoms with Crippen LogP contribution in [0.5, 0.6) is 0 Å². The van der Waals surface area contributed by atoms with Crippen molar-refractivity contribution in [2.45, 2.75) is 19.8 Å². The normalized spacial score (nSPS) is 9.79. The van der Waals surface area contributed by atoms with Crippen LogP contribution in [0.1, 0.15) is 19.8 Å². The Morgan fingerprint density at radius 1 is 1.64 bits per heavy atom. The summed E-state index contributed by atoms with van der Waals surface area (Å²) in [4.78, 5) is 10.9. The van der Waals surface area contributed by atoms with Gasteiger partial charge in [0, 0.05) is 18.0 Å². The lowest BCUT2D eigenvalue weighted by Gasteiger charge is -2.03. The van der Waals surface area contributed by atoms with Crippen LogP contribution in [0.4, 0.5) is 5.13 Å². The molecule has 0 aromatic carbocycles. The molecule has 0 amide bonds. The zero-order chi connectivity index (χ0) is 10.2. The Hall–Kier alpha value is -1.24. The molecular weight excluding hydrogens is 204 g/mol. The molecule has 0 spiro atoms. The van der Waals surface area contributed by atoms with Crippen molar-refractivity contribution in [3.63, 3.8) is 0 Å². The summed E-state index contributed by atoms with van der Waals surface area (Å²) in [5.41, 5.74) is 0. The largest absolute Gasteiger partial charge is 0.464 e. The number of carbonyl (C=O) groups is 1. The van der Waals surface area contributed by atoms with E-state index >= 15 is 0 Å². The van der Waals surface area contributed by atoms with Gasteiger partial charge in [-0.05, 0) is 11.6 Å². The molecule has 0 bridgehead atoms. The number of hydrogen-bond acceptors (Lipinski definition) is 7. The van der Waals surface area contributed by atoms with Crippen LogP contribution < -0.4 is 5.32 Å². The minimum absolute atomic E-state index is 0.162. The Morgan fingerprint density at radius 3 is 3.14 bits per heavy atom. The molecule has 6 nitrogen and oxygen atoms in total. The third kappa shape index (κ3) is 4.13. The fourth-order valence-corrected chi connectivity index (χ4v) is 1.19. The summed E-state index contributed by atoms with van der Waals surface area (Å²) in [5, 5.41) is 10.7. The quantitative estimate of drug-likeness (QED) is 0.557. The molecule has 7 heteroatoms. The number of anilines is 1. The number of ether oxygens (including phenoxy) is 1. The van der Waals surface area contributed by atoms with Crippen molar-refractivity contribution >= 4 is 22.6 Å². The van der Waals surface area contributed by atoms with Crippen LogP contribution in [0.15, 0.2) is 0 Å². The van der Waals surface area contributed by atoms with Crippen LogP contribution in [-0.2, 0) is 9.53 Å². The van der Waals surface area contributed by atoms with Gasteiger partial charge in [0.15, 0.2) is 0 Å². The molecule has 1 aromatic rings. The molecule has 1 heterocycles. The van der Waals surface area contributed by atoms with Gasteiger partial charge in [0.25, 0.3) is 0 Å². The van der Waals surface area contributed by atoms with Crippen LogP contribution in [-0.4, -0.2) is 33.9 Å². The molecule has 0 aliphatic carbocycles. The molecule has 1 N–H and O–H groups in total. The van der Waals surface area contributed by atoms with E-state index in [1.165, 1.54) is 11.5 Å². The van der Waals surface area contributed by atoms with E-state index in [9.17, 15) is 4.79 Å². The van der Waals surface area contributed by atoms with Gasteiger partial charge >= 0.3 is 5.97 Å². The SMILES string of the molecule is CCCC(=O)OCCNc1nnns1. The highest BCUT2D eigenvalue weighted by atomic mass is 32.1. The summed E-state index contributed by atoms with van der Waals surface area (Å²) in [5.74, 6) is -0.162. The number of nitrogens with one attached hydrogen (secondary N) is 1. The third-order valence-electron chi connectivity index (χ3n) is 1.39. The van der Waals surface area contributed by atoms with Gasteiger partial charge in [-0.25, -0.2) is 0 Å². The van der Waals surface area contributed by atoms with Crippen LogP contribution >= 0.6 is 11.5 Å². The molecule has 0 fully saturated rings. The van der Waals surface area contributed by atoms with Crippen molar-refractivity contribution in [1.29, 1.82) is 0 Å². The molecule has 0 aliphatic heterocycles. The van der Waals surface area contributed by atoms with Gasteiger partial charge in [0.05, 0.1) is 6.54 Å². The predicted molar refractivity (Wildman–Crippen MR) is 52.1 cm³/mol. The van der Waals surface area contributed by atoms with Crippen molar-refractivity contribution in [2.24, 2.45) is 0 Å². The highest BCUT2D eigenvalue weighted by Crippen LogP contribution is 2.03. The number of rotatable bonds is 6. The fourth-order valence-electron chi connectivity index (χ4n) is 0.801. The van der Waals surface area contributed by atoms with Crippen molar-refractivity contribution in [2.75, 3.05) is 18.5 Å². The molecule has 1 rings (SSSR count). The summed E-state index contributed by atoms with van der Waals surface area (Å²) in [6.07, 6.45) is 1.28. The lowest BCUT2D eigenvalue weighted by atomic mass is 10.3. The van der Waals surface area contributed by atoms with Gasteiger partial charge in [-0.2, -0.15) is 0 Å². The summed E-state index contributed by atoms with van der Waals surface area (Å²) < 4.78 is 8.49. The van der Waals surface area contributed by atoms with Crippen molar-refractivity contribution in [1.82, 2.24) is 14.8 Å². The van der Waals surface area contributed by atoms with Gasteiger partial charge in [-0.15, -0.1) is 0 Å². The zero-order valence-corrected chi connectivity index (χ0v) is 8.71. The third-order valence-corrected chi connectivity index (χ3v) is 1.95. The highest BCUT2D eigenvalue weighted by molar-refractivity contribution is 7.09. The fraction of sp³-hybridized carbons (Fsp3) is 0.714. The Balaban J connectivity index is 2.02. The summed E-state index contributed by atoms with van der Waals surface area (Å²) in [7, 11) is 0. The molecule has 0 atom stereocenters. The van der Waals surface area contributed by atoms with E-state index in [2.05, 4.69) is 20.1 Å². The summed E-state index contributed by atoms with van der Waals surface area (Å²) in [6, 6.07) is 0. The monoisotopic (exact) mass is 216 g/mol. The van der Waals surface area contributed by atoms with Crippen LogP contribution in [0.2, 0.25) is 0 Å². The number of carbonyl (C=O) groups excluding carboxylic acids is 1. The highest BCUT2D eigenvalue weighted by Gasteiger charge is 2.00. The number of nitrogens with zero attached hydrogens (tertiary/aromatic N) is 3. The van der Waals surface area contributed by atoms with Gasteiger partial charge in [0.1, 0.15) is 6.61 Å². The average Bonchev–Trinajstić information content (AvgIpc) is 2.65. The maximum Gasteiger partial charge on any atom is 0.305 e. The Morgan fingerprint density at radius 2 is 2.50 bits per heavy atom. The standard InChI is InChI=1S/C7H12N4O2S/c1-2-3-6(12)13-5-4-8-7-9-10-11-14-7/h2-5H2,1H3,(H,8,9,11). The topological polar surface area (TPSA) is 77.0 Å². The van der Waals surface area contributed by atoms with Crippen molar-refractivity contribution < 1.29 is 9.53 Å². The predicted octanol–water partition coefficient (Wildman–Crippen LogP) is 0.688. The van der Waals surface area contributed by atoms with E-state index in [1.807, 2.05) is 6.92 Å². The lowest BCUT2D eigenvalue weighted by Crippen LogP contribution is -2.13. The zero-order valence-electron chi connectivity index (χ0n) is 7.89. The Kier molecular flexibility index (Phi) is 4.84. The van der Waals surface area contributed by atoms with E-state index in [0.29, 0.717) is 24.7 Å². The molecule has 14 heavy (non-hydrogen) atoms. The van der Waals surface area contributed by atoms with Gasteiger partial charge < -0.3 is 10.1 Å². The van der Waals surface area contributed by atoms with E-state index in [1.54, 1.807) is 0 Å². The number of hydrogen-bond donors (Lipinski definition) is 1. The van der Waals surface area contributed by atoms with E-state index in [0.717, 1.165) is 6.42 Å². The molecular formula is C7H12N4O2S. The molecule has 0 saturated heterocycles. The van der Waals surface area contributed by atoms with Gasteiger partial charge in [0.2, 0.25) is 5.13 Å². The lowest BCUT2D eigenvalue weighted by molar-refractivity contribution is -0.143. The number of aromatic nitrogens is 3. The molecule has 0 aliphatic rings. The molecule has 78 valence electrons. The minimum Gasteiger partial charge on any atom is -0.464 e. The molecule has 0 saturated carbocycles. The Bertz CT molecular complexity index is 265. The second-order valence-corrected chi connectivity index (χ2v) is 3.30. The van der Waals surface area contributed by atoms with Crippen LogP contribution in [0.25, 0.3) is 0 Å². The second kappa shape index (κ2) is 6.25. The smallest absolute Gasteiger partial charge is 0.305 e. The second-order valence-electron chi connectivity index (χ2n) is 2.56. The van der Waals surface area contributed by atoms with Gasteiger partial charge in [-0.1, -0.05) is 16.5 Å². The average molecular weight is 216 g/mol.